The number of aromatic nitrogens is 2. The Hall–Kier alpha value is -1.53. The lowest BCUT2D eigenvalue weighted by molar-refractivity contribution is -0.141. The SMILES string of the molecule is O=c1cc(C(F)(F)F)nc(NC2CCCCCCCCCCC2)[nH]1. The highest BCUT2D eigenvalue weighted by Crippen LogP contribution is 2.27. The maximum atomic E-state index is 12.8. The molecule has 0 atom stereocenters. The molecule has 1 aliphatic rings. The first-order valence-corrected chi connectivity index (χ1v) is 8.90. The summed E-state index contributed by atoms with van der Waals surface area (Å²) in [5.74, 6) is -0.0769. The van der Waals surface area contributed by atoms with Gasteiger partial charge in [-0.15, -0.1) is 0 Å². The maximum absolute atomic E-state index is 12.8. The van der Waals surface area contributed by atoms with Crippen LogP contribution in [0.25, 0.3) is 0 Å². The van der Waals surface area contributed by atoms with E-state index in [1.165, 1.54) is 32.1 Å². The first-order valence-electron chi connectivity index (χ1n) is 8.90. The van der Waals surface area contributed by atoms with Crippen LogP contribution >= 0.6 is 0 Å². The summed E-state index contributed by atoms with van der Waals surface area (Å²) in [6, 6.07) is 0.544. The number of anilines is 1. The second-order valence-corrected chi connectivity index (χ2v) is 6.58. The number of nitrogens with one attached hydrogen (secondary N) is 2. The van der Waals surface area contributed by atoms with Crippen molar-refractivity contribution in [1.29, 1.82) is 0 Å². The lowest BCUT2D eigenvalue weighted by Crippen LogP contribution is -2.25. The lowest BCUT2D eigenvalue weighted by atomic mass is 9.98. The minimum Gasteiger partial charge on any atom is -0.353 e. The molecule has 1 fully saturated rings. The Bertz CT molecular complexity index is 545. The van der Waals surface area contributed by atoms with E-state index in [-0.39, 0.29) is 12.0 Å². The summed E-state index contributed by atoms with van der Waals surface area (Å²) in [5.41, 5.74) is -1.94. The summed E-state index contributed by atoms with van der Waals surface area (Å²) in [6.45, 7) is 0. The number of hydrogen-bond acceptors (Lipinski definition) is 3. The Morgan fingerprint density at radius 1 is 0.958 bits per heavy atom. The number of hydrogen-bond donors (Lipinski definition) is 2. The Balaban J connectivity index is 2.02. The molecule has 0 radical (unpaired) electrons. The molecule has 1 saturated carbocycles. The zero-order valence-electron chi connectivity index (χ0n) is 13.9. The van der Waals surface area contributed by atoms with Gasteiger partial charge in [0.1, 0.15) is 0 Å². The summed E-state index contributed by atoms with van der Waals surface area (Å²) in [7, 11) is 0. The van der Waals surface area contributed by atoms with Crippen molar-refractivity contribution in [1.82, 2.24) is 9.97 Å². The third-order valence-corrected chi connectivity index (χ3v) is 4.48. The molecule has 1 aromatic rings. The standard InChI is InChI=1S/C17H26F3N3O/c18-17(19,20)14-12-15(24)23-16(22-14)21-13-10-8-6-4-2-1-3-5-7-9-11-13/h12-13H,1-11H2,(H2,21,22,23,24). The molecule has 1 aromatic heterocycles. The molecule has 0 saturated heterocycles. The molecule has 1 heterocycles. The molecule has 2 N–H and O–H groups in total. The molecule has 0 bridgehead atoms. The van der Waals surface area contributed by atoms with Gasteiger partial charge in [-0.3, -0.25) is 9.78 Å². The largest absolute Gasteiger partial charge is 0.433 e. The van der Waals surface area contributed by atoms with E-state index in [2.05, 4.69) is 15.3 Å². The van der Waals surface area contributed by atoms with Crippen molar-refractivity contribution in [3.8, 4) is 0 Å². The third kappa shape index (κ3) is 6.53. The van der Waals surface area contributed by atoms with Crippen LogP contribution in [0.15, 0.2) is 10.9 Å². The highest BCUT2D eigenvalue weighted by molar-refractivity contribution is 5.27. The molecular formula is C17H26F3N3O. The molecule has 2 rings (SSSR count). The first kappa shape index (κ1) is 18.8. The van der Waals surface area contributed by atoms with Gasteiger partial charge in [0.15, 0.2) is 5.69 Å². The highest BCUT2D eigenvalue weighted by atomic mass is 19.4. The van der Waals surface area contributed by atoms with Crippen LogP contribution in [0.1, 0.15) is 76.3 Å². The molecule has 7 heteroatoms. The van der Waals surface area contributed by atoms with E-state index in [4.69, 9.17) is 0 Å². The van der Waals surface area contributed by atoms with E-state index in [1.54, 1.807) is 0 Å². The molecule has 0 unspecified atom stereocenters. The molecule has 0 spiro atoms. The second kappa shape index (κ2) is 9.08. The molecule has 4 nitrogen and oxygen atoms in total. The van der Waals surface area contributed by atoms with Gasteiger partial charge in [-0.05, 0) is 12.8 Å². The molecule has 0 aliphatic heterocycles. The summed E-state index contributed by atoms with van der Waals surface area (Å²) in [4.78, 5) is 17.4. The molecule has 0 amide bonds. The Morgan fingerprint density at radius 2 is 1.46 bits per heavy atom. The fraction of sp³-hybridized carbons (Fsp3) is 0.765. The number of H-pyrrole nitrogens is 1. The molecule has 1 aliphatic carbocycles. The van der Waals surface area contributed by atoms with Crippen LogP contribution in [0, 0.1) is 0 Å². The number of aromatic amines is 1. The lowest BCUT2D eigenvalue weighted by Gasteiger charge is -2.20. The van der Waals surface area contributed by atoms with Gasteiger partial charge in [0, 0.05) is 12.1 Å². The Morgan fingerprint density at radius 3 is 1.96 bits per heavy atom. The predicted molar refractivity (Wildman–Crippen MR) is 88.1 cm³/mol. The normalized spacial score (nSPS) is 19.3. The predicted octanol–water partition coefficient (Wildman–Crippen LogP) is 4.87. The van der Waals surface area contributed by atoms with Gasteiger partial charge in [0.05, 0.1) is 0 Å². The van der Waals surface area contributed by atoms with Crippen molar-refractivity contribution in [3.63, 3.8) is 0 Å². The third-order valence-electron chi connectivity index (χ3n) is 4.48. The van der Waals surface area contributed by atoms with E-state index >= 15 is 0 Å². The second-order valence-electron chi connectivity index (χ2n) is 6.58. The molecule has 136 valence electrons. The van der Waals surface area contributed by atoms with Gasteiger partial charge in [0.25, 0.3) is 5.56 Å². The molecule has 24 heavy (non-hydrogen) atoms. The summed E-state index contributed by atoms with van der Waals surface area (Å²) in [5, 5.41) is 3.02. The monoisotopic (exact) mass is 345 g/mol. The van der Waals surface area contributed by atoms with Gasteiger partial charge >= 0.3 is 6.18 Å². The zero-order chi connectivity index (χ0) is 17.4. The van der Waals surface area contributed by atoms with Crippen LogP contribution in [0.3, 0.4) is 0 Å². The van der Waals surface area contributed by atoms with Crippen LogP contribution in [0.4, 0.5) is 19.1 Å². The van der Waals surface area contributed by atoms with E-state index in [1.807, 2.05) is 0 Å². The van der Waals surface area contributed by atoms with Crippen molar-refractivity contribution in [2.45, 2.75) is 82.8 Å². The fourth-order valence-corrected chi connectivity index (χ4v) is 3.17. The molecular weight excluding hydrogens is 319 g/mol. The Labute approximate surface area is 140 Å². The summed E-state index contributed by atoms with van der Waals surface area (Å²) in [6.07, 6.45) is 7.79. The first-order chi connectivity index (χ1) is 11.4. The summed E-state index contributed by atoms with van der Waals surface area (Å²) >= 11 is 0. The quantitative estimate of drug-likeness (QED) is 0.803. The van der Waals surface area contributed by atoms with Crippen molar-refractivity contribution < 1.29 is 13.2 Å². The number of rotatable bonds is 2. The minimum absolute atomic E-state index is 0.0519. The average molecular weight is 345 g/mol. The van der Waals surface area contributed by atoms with Gasteiger partial charge in [0.2, 0.25) is 5.95 Å². The van der Waals surface area contributed by atoms with Crippen LogP contribution in [0.2, 0.25) is 0 Å². The maximum Gasteiger partial charge on any atom is 0.433 e. The highest BCUT2D eigenvalue weighted by Gasteiger charge is 2.33. The van der Waals surface area contributed by atoms with Crippen molar-refractivity contribution >= 4 is 5.95 Å². The van der Waals surface area contributed by atoms with Crippen LogP contribution in [-0.2, 0) is 6.18 Å². The van der Waals surface area contributed by atoms with Gasteiger partial charge in [-0.1, -0.05) is 57.8 Å². The van der Waals surface area contributed by atoms with E-state index in [9.17, 15) is 18.0 Å². The van der Waals surface area contributed by atoms with Crippen LogP contribution in [-0.4, -0.2) is 16.0 Å². The zero-order valence-corrected chi connectivity index (χ0v) is 13.9. The number of nitrogens with zero attached hydrogens (tertiary/aromatic N) is 1. The summed E-state index contributed by atoms with van der Waals surface area (Å²) < 4.78 is 38.4. The average Bonchev–Trinajstić information content (AvgIpc) is 2.48. The minimum atomic E-state index is -4.61. The smallest absolute Gasteiger partial charge is 0.353 e. The van der Waals surface area contributed by atoms with Crippen molar-refractivity contribution in [3.05, 3.63) is 22.1 Å². The van der Waals surface area contributed by atoms with E-state index in [0.717, 1.165) is 38.5 Å². The van der Waals surface area contributed by atoms with Crippen LogP contribution in [0.5, 0.6) is 0 Å². The number of halogens is 3. The topological polar surface area (TPSA) is 57.8 Å². The van der Waals surface area contributed by atoms with E-state index in [0.29, 0.717) is 6.07 Å². The van der Waals surface area contributed by atoms with Gasteiger partial charge in [-0.25, -0.2) is 4.98 Å². The fourth-order valence-electron chi connectivity index (χ4n) is 3.17. The van der Waals surface area contributed by atoms with Gasteiger partial charge in [-0.2, -0.15) is 13.2 Å². The number of alkyl halides is 3. The van der Waals surface area contributed by atoms with E-state index < -0.39 is 17.4 Å². The Kier molecular flexibility index (Phi) is 7.12. The van der Waals surface area contributed by atoms with Crippen molar-refractivity contribution in [2.24, 2.45) is 0 Å². The molecule has 0 aromatic carbocycles. The van der Waals surface area contributed by atoms with Gasteiger partial charge < -0.3 is 5.32 Å². The van der Waals surface area contributed by atoms with Crippen LogP contribution < -0.4 is 10.9 Å². The van der Waals surface area contributed by atoms with Crippen molar-refractivity contribution in [2.75, 3.05) is 5.32 Å².